The van der Waals surface area contributed by atoms with Crippen LogP contribution in [0.5, 0.6) is 5.75 Å². The molecule has 0 aliphatic rings. The third-order valence-electron chi connectivity index (χ3n) is 3.66. The predicted octanol–water partition coefficient (Wildman–Crippen LogP) is 4.07. The van der Waals surface area contributed by atoms with Crippen LogP contribution in [0.2, 0.25) is 0 Å². The van der Waals surface area contributed by atoms with Crippen molar-refractivity contribution >= 4 is 33.2 Å². The third kappa shape index (κ3) is 5.60. The van der Waals surface area contributed by atoms with E-state index in [2.05, 4.69) is 40.3 Å². The number of benzene rings is 2. The Morgan fingerprint density at radius 3 is 2.52 bits per heavy atom. The molecule has 0 heterocycles. The predicted molar refractivity (Wildman–Crippen MR) is 105 cm³/mol. The van der Waals surface area contributed by atoms with Gasteiger partial charge >= 0.3 is 0 Å². The molecule has 2 aromatic rings. The molecule has 0 unspecified atom stereocenters. The lowest BCUT2D eigenvalue weighted by molar-refractivity contribution is -0.123. The molecule has 0 saturated carbocycles. The van der Waals surface area contributed by atoms with Crippen LogP contribution in [0, 0.1) is 0 Å². The van der Waals surface area contributed by atoms with Gasteiger partial charge < -0.3 is 10.5 Å². The standard InChI is InChI=1S/C19H22BrN3O2/c1-12(2)15-6-9-18(17(20)10-15)25-11-19(24)23-22-13(3)14-4-7-16(21)8-5-14/h4-10,12H,11,21H2,1-3H3,(H,23,24). The number of hydrazone groups is 1. The van der Waals surface area contributed by atoms with Gasteiger partial charge in [-0.3, -0.25) is 4.79 Å². The number of nitrogens with two attached hydrogens (primary N) is 1. The molecule has 0 radical (unpaired) electrons. The van der Waals surface area contributed by atoms with Crippen molar-refractivity contribution in [2.45, 2.75) is 26.7 Å². The quantitative estimate of drug-likeness (QED) is 0.433. The van der Waals surface area contributed by atoms with Crippen molar-refractivity contribution in [1.29, 1.82) is 0 Å². The molecule has 0 aromatic heterocycles. The average molecular weight is 404 g/mol. The zero-order valence-electron chi connectivity index (χ0n) is 14.5. The van der Waals surface area contributed by atoms with E-state index < -0.39 is 0 Å². The minimum atomic E-state index is -0.324. The first-order valence-corrected chi connectivity index (χ1v) is 8.77. The minimum Gasteiger partial charge on any atom is -0.483 e. The molecule has 6 heteroatoms. The number of anilines is 1. The number of nitrogen functional groups attached to an aromatic ring is 1. The van der Waals surface area contributed by atoms with E-state index in [1.807, 2.05) is 37.3 Å². The summed E-state index contributed by atoms with van der Waals surface area (Å²) in [7, 11) is 0. The highest BCUT2D eigenvalue weighted by Crippen LogP contribution is 2.28. The van der Waals surface area contributed by atoms with Gasteiger partial charge in [-0.05, 0) is 64.2 Å². The Hall–Kier alpha value is -2.34. The molecule has 0 bridgehead atoms. The summed E-state index contributed by atoms with van der Waals surface area (Å²) in [6.45, 7) is 5.94. The molecule has 5 nitrogen and oxygen atoms in total. The van der Waals surface area contributed by atoms with Gasteiger partial charge in [-0.25, -0.2) is 5.43 Å². The normalized spacial score (nSPS) is 11.5. The molecule has 0 atom stereocenters. The van der Waals surface area contributed by atoms with Crippen LogP contribution in [0.25, 0.3) is 0 Å². The summed E-state index contributed by atoms with van der Waals surface area (Å²) < 4.78 is 6.37. The van der Waals surface area contributed by atoms with Crippen LogP contribution in [0.3, 0.4) is 0 Å². The highest BCUT2D eigenvalue weighted by molar-refractivity contribution is 9.10. The number of nitrogens with zero attached hydrogens (tertiary/aromatic N) is 1. The van der Waals surface area contributed by atoms with Gasteiger partial charge in [0, 0.05) is 5.69 Å². The van der Waals surface area contributed by atoms with Crippen LogP contribution in [-0.4, -0.2) is 18.2 Å². The van der Waals surface area contributed by atoms with E-state index in [4.69, 9.17) is 10.5 Å². The van der Waals surface area contributed by atoms with E-state index in [1.54, 1.807) is 12.1 Å². The largest absolute Gasteiger partial charge is 0.483 e. The highest BCUT2D eigenvalue weighted by atomic mass is 79.9. The SMILES string of the molecule is CC(=NNC(=O)COc1ccc(C(C)C)cc1Br)c1ccc(N)cc1. The van der Waals surface area contributed by atoms with Gasteiger partial charge in [0.15, 0.2) is 6.61 Å². The van der Waals surface area contributed by atoms with Gasteiger partial charge in [-0.2, -0.15) is 5.10 Å². The lowest BCUT2D eigenvalue weighted by Gasteiger charge is -2.11. The second-order valence-corrected chi connectivity index (χ2v) is 6.84. The van der Waals surface area contributed by atoms with Gasteiger partial charge in [-0.1, -0.05) is 32.0 Å². The van der Waals surface area contributed by atoms with E-state index >= 15 is 0 Å². The van der Waals surface area contributed by atoms with E-state index in [0.717, 1.165) is 10.0 Å². The second-order valence-electron chi connectivity index (χ2n) is 5.99. The van der Waals surface area contributed by atoms with E-state index in [9.17, 15) is 4.79 Å². The van der Waals surface area contributed by atoms with Crippen LogP contribution >= 0.6 is 15.9 Å². The fourth-order valence-corrected chi connectivity index (χ4v) is 2.61. The molecule has 0 aliphatic carbocycles. The number of ether oxygens (including phenoxy) is 1. The molecular weight excluding hydrogens is 382 g/mol. The molecule has 0 fully saturated rings. The molecule has 1 amide bonds. The van der Waals surface area contributed by atoms with Gasteiger partial charge in [-0.15, -0.1) is 0 Å². The molecule has 2 rings (SSSR count). The fourth-order valence-electron chi connectivity index (χ4n) is 2.10. The first kappa shape index (κ1) is 19.0. The van der Waals surface area contributed by atoms with Crippen molar-refractivity contribution in [3.8, 4) is 5.75 Å². The Labute approximate surface area is 156 Å². The lowest BCUT2D eigenvalue weighted by Crippen LogP contribution is -2.25. The average Bonchev–Trinajstić information content (AvgIpc) is 2.59. The highest BCUT2D eigenvalue weighted by Gasteiger charge is 2.08. The fraction of sp³-hybridized carbons (Fsp3) is 0.263. The van der Waals surface area contributed by atoms with Crippen molar-refractivity contribution in [2.24, 2.45) is 5.10 Å². The summed E-state index contributed by atoms with van der Waals surface area (Å²) in [6.07, 6.45) is 0. The zero-order chi connectivity index (χ0) is 18.4. The molecule has 3 N–H and O–H groups in total. The minimum absolute atomic E-state index is 0.113. The van der Waals surface area contributed by atoms with Crippen molar-refractivity contribution in [1.82, 2.24) is 5.43 Å². The monoisotopic (exact) mass is 403 g/mol. The van der Waals surface area contributed by atoms with Gasteiger partial charge in [0.2, 0.25) is 0 Å². The van der Waals surface area contributed by atoms with Crippen LogP contribution < -0.4 is 15.9 Å². The van der Waals surface area contributed by atoms with Crippen LogP contribution in [0.1, 0.15) is 37.8 Å². The molecule has 0 saturated heterocycles. The summed E-state index contributed by atoms with van der Waals surface area (Å²) in [5, 5.41) is 4.08. The molecular formula is C19H22BrN3O2. The summed E-state index contributed by atoms with van der Waals surface area (Å²) in [6, 6.07) is 13.1. The molecule has 0 spiro atoms. The number of amides is 1. The van der Waals surface area contributed by atoms with Crippen LogP contribution in [0.15, 0.2) is 52.0 Å². The van der Waals surface area contributed by atoms with Crippen LogP contribution in [-0.2, 0) is 4.79 Å². The Morgan fingerprint density at radius 2 is 1.92 bits per heavy atom. The number of hydrogen-bond donors (Lipinski definition) is 2. The van der Waals surface area contributed by atoms with E-state index in [0.29, 0.717) is 23.1 Å². The lowest BCUT2D eigenvalue weighted by atomic mass is 10.0. The summed E-state index contributed by atoms with van der Waals surface area (Å²) in [5.74, 6) is 0.729. The Morgan fingerprint density at radius 1 is 1.24 bits per heavy atom. The van der Waals surface area contributed by atoms with Crippen LogP contribution in [0.4, 0.5) is 5.69 Å². The molecule has 2 aromatic carbocycles. The first-order valence-electron chi connectivity index (χ1n) is 7.98. The van der Waals surface area contributed by atoms with E-state index in [-0.39, 0.29) is 12.5 Å². The van der Waals surface area contributed by atoms with Crippen molar-refractivity contribution < 1.29 is 9.53 Å². The Bertz CT molecular complexity index is 771. The zero-order valence-corrected chi connectivity index (χ0v) is 16.1. The number of hydrogen-bond acceptors (Lipinski definition) is 4. The summed E-state index contributed by atoms with van der Waals surface area (Å²) >= 11 is 3.47. The first-order chi connectivity index (χ1) is 11.9. The number of carbonyl (C=O) groups excluding carboxylic acids is 1. The number of halogens is 1. The number of rotatable bonds is 6. The Kier molecular flexibility index (Phi) is 6.58. The van der Waals surface area contributed by atoms with Gasteiger partial charge in [0.05, 0.1) is 10.2 Å². The summed E-state index contributed by atoms with van der Waals surface area (Å²) in [5.41, 5.74) is 11.6. The number of nitrogens with one attached hydrogen (secondary N) is 1. The molecule has 0 aliphatic heterocycles. The maximum atomic E-state index is 11.9. The third-order valence-corrected chi connectivity index (χ3v) is 4.28. The second kappa shape index (κ2) is 8.67. The van der Waals surface area contributed by atoms with Crippen molar-refractivity contribution in [2.75, 3.05) is 12.3 Å². The summed E-state index contributed by atoms with van der Waals surface area (Å²) in [4.78, 5) is 11.9. The topological polar surface area (TPSA) is 76.7 Å². The maximum Gasteiger partial charge on any atom is 0.277 e. The molecule has 132 valence electrons. The smallest absolute Gasteiger partial charge is 0.277 e. The molecule has 25 heavy (non-hydrogen) atoms. The maximum absolute atomic E-state index is 11.9. The number of carbonyl (C=O) groups is 1. The van der Waals surface area contributed by atoms with Gasteiger partial charge in [0.25, 0.3) is 5.91 Å². The van der Waals surface area contributed by atoms with Gasteiger partial charge in [0.1, 0.15) is 5.75 Å². The Balaban J connectivity index is 1.90. The van der Waals surface area contributed by atoms with Crippen molar-refractivity contribution in [3.05, 3.63) is 58.1 Å². The van der Waals surface area contributed by atoms with E-state index in [1.165, 1.54) is 5.56 Å². The van der Waals surface area contributed by atoms with Crippen molar-refractivity contribution in [3.63, 3.8) is 0 Å².